The first-order valence-electron chi connectivity index (χ1n) is 5.65. The summed E-state index contributed by atoms with van der Waals surface area (Å²) in [5.41, 5.74) is 1.18. The van der Waals surface area contributed by atoms with Crippen molar-refractivity contribution in [3.05, 3.63) is 26.6 Å². The molecule has 94 valence electrons. The smallest absolute Gasteiger partial charge is 0.143 e. The maximum absolute atomic E-state index is 9.63. The van der Waals surface area contributed by atoms with Crippen molar-refractivity contribution in [2.45, 2.75) is 25.4 Å². The molecule has 5 heteroatoms. The second-order valence-corrected chi connectivity index (χ2v) is 7.11. The molecule has 2 rings (SSSR count). The highest BCUT2D eigenvalue weighted by atomic mass is 79.9. The lowest BCUT2D eigenvalue weighted by Crippen LogP contribution is -2.32. The van der Waals surface area contributed by atoms with Gasteiger partial charge in [0.1, 0.15) is 5.75 Å². The summed E-state index contributed by atoms with van der Waals surface area (Å²) in [5, 5.41) is 13.2. The summed E-state index contributed by atoms with van der Waals surface area (Å²) < 4.78 is 1.48. The largest absolute Gasteiger partial charge is 0.506 e. The van der Waals surface area contributed by atoms with Crippen LogP contribution in [0.1, 0.15) is 18.4 Å². The molecule has 0 atom stereocenters. The molecule has 0 bridgehead atoms. The van der Waals surface area contributed by atoms with Crippen LogP contribution in [0.2, 0.25) is 0 Å². The van der Waals surface area contributed by atoms with E-state index in [2.05, 4.69) is 37.2 Å². The zero-order chi connectivity index (χ0) is 12.3. The fourth-order valence-corrected chi connectivity index (χ4v) is 4.27. The van der Waals surface area contributed by atoms with Crippen LogP contribution >= 0.6 is 43.6 Å². The third kappa shape index (κ3) is 3.88. The van der Waals surface area contributed by atoms with E-state index in [1.807, 2.05) is 23.9 Å². The Bertz CT molecular complexity index is 371. The molecule has 0 saturated carbocycles. The van der Waals surface area contributed by atoms with Gasteiger partial charge in [-0.05, 0) is 73.9 Å². The van der Waals surface area contributed by atoms with Gasteiger partial charge in [0.05, 0.1) is 8.95 Å². The van der Waals surface area contributed by atoms with Crippen molar-refractivity contribution < 1.29 is 5.11 Å². The third-order valence-corrected chi connectivity index (χ3v) is 5.15. The molecule has 1 aromatic carbocycles. The summed E-state index contributed by atoms with van der Waals surface area (Å²) >= 11 is 8.74. The summed E-state index contributed by atoms with van der Waals surface area (Å²) in [7, 11) is 0. The molecule has 17 heavy (non-hydrogen) atoms. The van der Waals surface area contributed by atoms with Crippen LogP contribution in [0.5, 0.6) is 5.75 Å². The summed E-state index contributed by atoms with van der Waals surface area (Å²) in [5.74, 6) is 2.80. The number of thioether (sulfide) groups is 1. The molecular weight excluding hydrogens is 366 g/mol. The summed E-state index contributed by atoms with van der Waals surface area (Å²) in [6, 6.07) is 4.57. The van der Waals surface area contributed by atoms with Gasteiger partial charge < -0.3 is 10.4 Å². The number of aromatic hydroxyl groups is 1. The molecule has 1 heterocycles. The highest BCUT2D eigenvalue weighted by Crippen LogP contribution is 2.33. The van der Waals surface area contributed by atoms with Crippen LogP contribution in [-0.4, -0.2) is 22.7 Å². The molecule has 0 aliphatic carbocycles. The van der Waals surface area contributed by atoms with Crippen LogP contribution in [0.3, 0.4) is 0 Å². The van der Waals surface area contributed by atoms with E-state index in [0.717, 1.165) is 15.5 Å². The first-order chi connectivity index (χ1) is 8.16. The van der Waals surface area contributed by atoms with Gasteiger partial charge in [0, 0.05) is 12.6 Å². The molecule has 0 amide bonds. The molecule has 0 radical (unpaired) electrons. The van der Waals surface area contributed by atoms with Crippen LogP contribution in [-0.2, 0) is 6.54 Å². The minimum atomic E-state index is 0.266. The lowest BCUT2D eigenvalue weighted by Gasteiger charge is -2.22. The number of hydrogen-bond acceptors (Lipinski definition) is 3. The van der Waals surface area contributed by atoms with Gasteiger partial charge >= 0.3 is 0 Å². The van der Waals surface area contributed by atoms with Crippen LogP contribution in [0.25, 0.3) is 0 Å². The van der Waals surface area contributed by atoms with Crippen molar-refractivity contribution in [1.82, 2.24) is 5.32 Å². The molecule has 0 aromatic heterocycles. The maximum atomic E-state index is 9.63. The fraction of sp³-hybridized carbons (Fsp3) is 0.500. The Hall–Kier alpha value is 0.290. The number of benzene rings is 1. The number of hydrogen-bond donors (Lipinski definition) is 2. The lowest BCUT2D eigenvalue weighted by atomic mass is 10.1. The number of nitrogens with one attached hydrogen (secondary N) is 1. The van der Waals surface area contributed by atoms with Crippen molar-refractivity contribution >= 4 is 43.6 Å². The van der Waals surface area contributed by atoms with E-state index in [-0.39, 0.29) is 5.75 Å². The molecule has 0 unspecified atom stereocenters. The van der Waals surface area contributed by atoms with E-state index in [1.165, 1.54) is 29.9 Å². The Morgan fingerprint density at radius 2 is 1.82 bits per heavy atom. The predicted octanol–water partition coefficient (Wildman–Crippen LogP) is 3.90. The van der Waals surface area contributed by atoms with Gasteiger partial charge in [-0.1, -0.05) is 0 Å². The highest BCUT2D eigenvalue weighted by Gasteiger charge is 2.13. The fourth-order valence-electron chi connectivity index (χ4n) is 1.88. The Morgan fingerprint density at radius 1 is 1.24 bits per heavy atom. The topological polar surface area (TPSA) is 32.3 Å². The second kappa shape index (κ2) is 6.45. The molecule has 2 N–H and O–H groups in total. The van der Waals surface area contributed by atoms with Crippen molar-refractivity contribution in [2.75, 3.05) is 11.5 Å². The predicted molar refractivity (Wildman–Crippen MR) is 80.7 cm³/mol. The van der Waals surface area contributed by atoms with Crippen LogP contribution < -0.4 is 5.32 Å². The molecule has 1 aliphatic rings. The van der Waals surface area contributed by atoms with Crippen LogP contribution in [0.4, 0.5) is 0 Å². The SMILES string of the molecule is Oc1c(Br)cc(CNC2CCSCC2)cc1Br. The normalized spacial score (nSPS) is 17.3. The third-order valence-electron chi connectivity index (χ3n) is 2.89. The van der Waals surface area contributed by atoms with Gasteiger partial charge in [0.2, 0.25) is 0 Å². The van der Waals surface area contributed by atoms with E-state index in [9.17, 15) is 5.11 Å². The number of phenolic OH excluding ortho intramolecular Hbond substituents is 1. The van der Waals surface area contributed by atoms with E-state index in [1.54, 1.807) is 0 Å². The number of rotatable bonds is 3. The molecule has 1 aromatic rings. The lowest BCUT2D eigenvalue weighted by molar-refractivity contribution is 0.466. The Balaban J connectivity index is 1.94. The quantitative estimate of drug-likeness (QED) is 0.833. The standard InChI is InChI=1S/C12H15Br2NOS/c13-10-5-8(6-11(14)12(10)16)7-15-9-1-3-17-4-2-9/h5-6,9,15-16H,1-4,7H2. The van der Waals surface area contributed by atoms with Crippen LogP contribution in [0.15, 0.2) is 21.1 Å². The Labute approximate surface area is 123 Å². The average Bonchev–Trinajstić information content (AvgIpc) is 2.34. The number of phenols is 1. The zero-order valence-corrected chi connectivity index (χ0v) is 13.4. The van der Waals surface area contributed by atoms with Crippen LogP contribution in [0, 0.1) is 0 Å². The van der Waals surface area contributed by atoms with Crippen molar-refractivity contribution in [3.63, 3.8) is 0 Å². The van der Waals surface area contributed by atoms with Gasteiger partial charge in [0.25, 0.3) is 0 Å². The molecule has 0 spiro atoms. The monoisotopic (exact) mass is 379 g/mol. The molecule has 1 fully saturated rings. The van der Waals surface area contributed by atoms with E-state index in [4.69, 9.17) is 0 Å². The Morgan fingerprint density at radius 3 is 2.41 bits per heavy atom. The minimum absolute atomic E-state index is 0.266. The highest BCUT2D eigenvalue weighted by molar-refractivity contribution is 9.11. The molecular formula is C12H15Br2NOS. The number of halogens is 2. The van der Waals surface area contributed by atoms with Gasteiger partial charge in [-0.15, -0.1) is 0 Å². The van der Waals surface area contributed by atoms with Crippen molar-refractivity contribution in [1.29, 1.82) is 0 Å². The summed E-state index contributed by atoms with van der Waals surface area (Å²) in [6.07, 6.45) is 2.51. The Kier molecular flexibility index (Phi) is 5.21. The van der Waals surface area contributed by atoms with Gasteiger partial charge in [-0.2, -0.15) is 11.8 Å². The van der Waals surface area contributed by atoms with Gasteiger partial charge in [-0.3, -0.25) is 0 Å². The summed E-state index contributed by atoms with van der Waals surface area (Å²) in [6.45, 7) is 0.854. The van der Waals surface area contributed by atoms with E-state index in [0.29, 0.717) is 6.04 Å². The molecule has 1 aliphatic heterocycles. The first kappa shape index (κ1) is 13.7. The zero-order valence-electron chi connectivity index (χ0n) is 9.38. The van der Waals surface area contributed by atoms with Gasteiger partial charge in [0.15, 0.2) is 0 Å². The first-order valence-corrected chi connectivity index (χ1v) is 8.39. The van der Waals surface area contributed by atoms with Crippen molar-refractivity contribution in [2.24, 2.45) is 0 Å². The van der Waals surface area contributed by atoms with E-state index < -0.39 is 0 Å². The second-order valence-electron chi connectivity index (χ2n) is 4.18. The minimum Gasteiger partial charge on any atom is -0.506 e. The molecule has 2 nitrogen and oxygen atoms in total. The summed E-state index contributed by atoms with van der Waals surface area (Å²) in [4.78, 5) is 0. The average molecular weight is 381 g/mol. The van der Waals surface area contributed by atoms with Crippen molar-refractivity contribution in [3.8, 4) is 5.75 Å². The van der Waals surface area contributed by atoms with E-state index >= 15 is 0 Å². The van der Waals surface area contributed by atoms with Gasteiger partial charge in [-0.25, -0.2) is 0 Å². The maximum Gasteiger partial charge on any atom is 0.143 e. The molecule has 1 saturated heterocycles.